The van der Waals surface area contributed by atoms with Gasteiger partial charge in [0.2, 0.25) is 5.69 Å². The predicted molar refractivity (Wildman–Crippen MR) is 192 cm³/mol. The van der Waals surface area contributed by atoms with Gasteiger partial charge in [-0.3, -0.25) is 0 Å². The van der Waals surface area contributed by atoms with Crippen molar-refractivity contribution in [2.75, 3.05) is 31.1 Å². The lowest BCUT2D eigenvalue weighted by Gasteiger charge is -2.27. The Hall–Kier alpha value is -3.53. The molecule has 0 N–H and O–H groups in total. The second-order valence-corrected chi connectivity index (χ2v) is 13.2. The summed E-state index contributed by atoms with van der Waals surface area (Å²) in [4.78, 5) is 10.8. The zero-order valence-corrected chi connectivity index (χ0v) is 28.1. The highest BCUT2D eigenvalue weighted by atomic mass is 32.1. The van der Waals surface area contributed by atoms with Crippen molar-refractivity contribution in [2.24, 2.45) is 9.98 Å². The monoisotopic (exact) mass is 619 g/mol. The van der Waals surface area contributed by atoms with Crippen LogP contribution in [0.3, 0.4) is 0 Å². The molecule has 3 aliphatic rings. The molecule has 0 unspecified atom stereocenters. The average Bonchev–Trinajstić information content (AvgIpc) is 3.38. The summed E-state index contributed by atoms with van der Waals surface area (Å²) >= 11 is 9.57. The zero-order chi connectivity index (χ0) is 31.2. The Morgan fingerprint density at radius 2 is 1.55 bits per heavy atom. The van der Waals surface area contributed by atoms with E-state index in [1.807, 2.05) is 0 Å². The smallest absolute Gasteiger partial charge is 0.209 e. The van der Waals surface area contributed by atoms with E-state index in [1.165, 1.54) is 45.1 Å². The molecular formula is C38H43N4S2+. The van der Waals surface area contributed by atoms with Crippen LogP contribution in [0.4, 0.5) is 11.4 Å². The first kappa shape index (κ1) is 31.9. The molecule has 1 aliphatic carbocycles. The summed E-state index contributed by atoms with van der Waals surface area (Å²) in [5, 5.41) is 5.01. The molecule has 226 valence electrons. The lowest BCUT2D eigenvalue weighted by molar-refractivity contribution is -0.437. The summed E-state index contributed by atoms with van der Waals surface area (Å²) in [5.74, 6) is 0. The molecule has 0 saturated heterocycles. The number of aliphatic imine (C=N–C) groups is 2. The van der Waals surface area contributed by atoms with Crippen LogP contribution in [-0.2, 0) is 10.8 Å². The fourth-order valence-corrected chi connectivity index (χ4v) is 7.17. The van der Waals surface area contributed by atoms with Crippen LogP contribution < -0.4 is 4.90 Å². The third-order valence-electron chi connectivity index (χ3n) is 9.24. The maximum atomic E-state index is 4.78. The number of anilines is 1. The molecule has 0 spiro atoms. The number of para-hydroxylation sites is 2. The van der Waals surface area contributed by atoms with Crippen LogP contribution in [0.15, 0.2) is 106 Å². The van der Waals surface area contributed by atoms with Crippen molar-refractivity contribution in [3.05, 3.63) is 107 Å². The fourth-order valence-electron chi connectivity index (χ4n) is 6.98. The van der Waals surface area contributed by atoms with E-state index in [4.69, 9.17) is 24.4 Å². The Bertz CT molecular complexity index is 1660. The van der Waals surface area contributed by atoms with E-state index in [0.717, 1.165) is 45.2 Å². The predicted octanol–water partition coefficient (Wildman–Crippen LogP) is 9.32. The molecule has 0 bridgehead atoms. The highest BCUT2D eigenvalue weighted by Gasteiger charge is 2.44. The Morgan fingerprint density at radius 3 is 2.32 bits per heavy atom. The minimum absolute atomic E-state index is 0.0695. The van der Waals surface area contributed by atoms with Crippen molar-refractivity contribution in [1.29, 1.82) is 0 Å². The molecule has 0 aromatic heterocycles. The third kappa shape index (κ3) is 6.60. The molecule has 2 aliphatic heterocycles. The molecule has 2 heterocycles. The highest BCUT2D eigenvalue weighted by Crippen LogP contribution is 2.47. The van der Waals surface area contributed by atoms with Crippen LogP contribution in [0.25, 0.3) is 0 Å². The summed E-state index contributed by atoms with van der Waals surface area (Å²) < 4.78 is 2.47. The SMILES string of the molecule is CC1(C)C(/C=C/C2=CC(=C\C=C3/N(CCCN=C=S)c4ccccc4C3(C)C)/CCC2)=[N+](CCCN=C=S)c2ccccc21. The van der Waals surface area contributed by atoms with E-state index in [2.05, 4.69) is 136 Å². The van der Waals surface area contributed by atoms with Gasteiger partial charge in [0.1, 0.15) is 0 Å². The van der Waals surface area contributed by atoms with Gasteiger partial charge in [0.05, 0.1) is 28.8 Å². The van der Waals surface area contributed by atoms with Crippen LogP contribution in [0.1, 0.15) is 70.9 Å². The van der Waals surface area contributed by atoms with Crippen molar-refractivity contribution in [2.45, 2.75) is 70.6 Å². The third-order valence-corrected chi connectivity index (χ3v) is 9.50. The first-order valence-corrected chi connectivity index (χ1v) is 16.6. The van der Waals surface area contributed by atoms with E-state index in [0.29, 0.717) is 13.1 Å². The standard InChI is InChI=1S/C38H43N4S2/c1-37(2)31-14-5-7-16-33(31)41(24-10-22-39-27-43)35(37)20-18-29-12-9-13-30(26-29)19-21-36-38(3,4)32-15-6-8-17-34(32)42(36)25-11-23-40-28-44/h5-8,14-21,26H,9-13,22-25H2,1-4H3/q+1. The van der Waals surface area contributed by atoms with E-state index >= 15 is 0 Å². The van der Waals surface area contributed by atoms with E-state index in [9.17, 15) is 0 Å². The van der Waals surface area contributed by atoms with Gasteiger partial charge < -0.3 is 4.90 Å². The Morgan fingerprint density at radius 1 is 0.841 bits per heavy atom. The number of benzene rings is 2. The van der Waals surface area contributed by atoms with Crippen LogP contribution in [0, 0.1) is 0 Å². The van der Waals surface area contributed by atoms with Crippen molar-refractivity contribution >= 4 is 51.8 Å². The molecule has 5 rings (SSSR count). The summed E-state index contributed by atoms with van der Waals surface area (Å²) in [6, 6.07) is 17.6. The van der Waals surface area contributed by atoms with Gasteiger partial charge in [-0.2, -0.15) is 4.58 Å². The molecule has 2 aromatic rings. The number of nitrogens with zero attached hydrogens (tertiary/aromatic N) is 4. The van der Waals surface area contributed by atoms with Gasteiger partial charge in [-0.1, -0.05) is 68.5 Å². The maximum Gasteiger partial charge on any atom is 0.209 e. The second-order valence-electron chi connectivity index (χ2n) is 12.8. The van der Waals surface area contributed by atoms with E-state index in [1.54, 1.807) is 0 Å². The molecule has 0 atom stereocenters. The van der Waals surface area contributed by atoms with Gasteiger partial charge in [-0.15, -0.1) is 0 Å². The van der Waals surface area contributed by atoms with Gasteiger partial charge in [0, 0.05) is 47.5 Å². The first-order valence-electron chi connectivity index (χ1n) is 15.8. The molecule has 44 heavy (non-hydrogen) atoms. The molecule has 2 aromatic carbocycles. The molecule has 0 saturated carbocycles. The minimum Gasteiger partial charge on any atom is -0.344 e. The van der Waals surface area contributed by atoms with Gasteiger partial charge in [-0.05, 0) is 92.8 Å². The molecule has 6 heteroatoms. The van der Waals surface area contributed by atoms with Crippen molar-refractivity contribution < 1.29 is 4.58 Å². The summed E-state index contributed by atoms with van der Waals surface area (Å²) in [7, 11) is 0. The largest absolute Gasteiger partial charge is 0.344 e. The normalized spacial score (nSPS) is 20.0. The van der Waals surface area contributed by atoms with Crippen molar-refractivity contribution in [3.8, 4) is 0 Å². The van der Waals surface area contributed by atoms with Crippen molar-refractivity contribution in [3.63, 3.8) is 0 Å². The maximum absolute atomic E-state index is 4.78. The number of isothiocyanates is 2. The Kier molecular flexibility index (Phi) is 10.2. The molecular weight excluding hydrogens is 577 g/mol. The highest BCUT2D eigenvalue weighted by molar-refractivity contribution is 7.78. The van der Waals surface area contributed by atoms with E-state index in [-0.39, 0.29) is 10.8 Å². The molecule has 4 nitrogen and oxygen atoms in total. The zero-order valence-electron chi connectivity index (χ0n) is 26.5. The average molecular weight is 620 g/mol. The van der Waals surface area contributed by atoms with Crippen LogP contribution >= 0.6 is 24.4 Å². The quantitative estimate of drug-likeness (QED) is 0.109. The van der Waals surface area contributed by atoms with Gasteiger partial charge in [0.15, 0.2) is 12.3 Å². The van der Waals surface area contributed by atoms with Crippen LogP contribution in [0.2, 0.25) is 0 Å². The minimum atomic E-state index is -0.0695. The lowest BCUT2D eigenvalue weighted by atomic mass is 9.81. The summed E-state index contributed by atoms with van der Waals surface area (Å²) in [5.41, 5.74) is 10.7. The Balaban J connectivity index is 1.43. The van der Waals surface area contributed by atoms with Gasteiger partial charge in [0.25, 0.3) is 0 Å². The Labute approximate surface area is 274 Å². The number of thiocarbonyl (C=S) groups is 2. The summed E-state index contributed by atoms with van der Waals surface area (Å²) in [6.07, 6.45) is 17.0. The topological polar surface area (TPSA) is 31.0 Å². The number of allylic oxidation sites excluding steroid dienone is 8. The fraction of sp³-hybridized carbons (Fsp3) is 0.395. The second kappa shape index (κ2) is 14.1. The molecule has 0 amide bonds. The van der Waals surface area contributed by atoms with Crippen molar-refractivity contribution in [1.82, 2.24) is 0 Å². The van der Waals surface area contributed by atoms with E-state index < -0.39 is 0 Å². The van der Waals surface area contributed by atoms with Crippen LogP contribution in [-0.4, -0.2) is 46.8 Å². The number of fused-ring (bicyclic) bond motifs is 2. The molecule has 0 radical (unpaired) electrons. The van der Waals surface area contributed by atoms with Crippen LogP contribution in [0.5, 0.6) is 0 Å². The van der Waals surface area contributed by atoms with Gasteiger partial charge >= 0.3 is 0 Å². The number of hydrogen-bond acceptors (Lipinski definition) is 5. The van der Waals surface area contributed by atoms with Gasteiger partial charge in [-0.25, -0.2) is 9.98 Å². The number of hydrogen-bond donors (Lipinski definition) is 0. The number of rotatable bonds is 11. The lowest BCUT2D eigenvalue weighted by Crippen LogP contribution is -2.28. The summed E-state index contributed by atoms with van der Waals surface area (Å²) in [6.45, 7) is 12.6. The first-order chi connectivity index (χ1) is 21.3. The molecule has 0 fully saturated rings.